The zero-order chi connectivity index (χ0) is 13.8. The zero-order valence-corrected chi connectivity index (χ0v) is 13.5. The van der Waals surface area contributed by atoms with E-state index >= 15 is 0 Å². The minimum atomic E-state index is 0.215. The molecule has 1 heterocycles. The van der Waals surface area contributed by atoms with E-state index < -0.39 is 0 Å². The highest BCUT2D eigenvalue weighted by Gasteiger charge is 2.25. The summed E-state index contributed by atoms with van der Waals surface area (Å²) in [6.45, 7) is 1.86. The van der Waals surface area contributed by atoms with Crippen LogP contribution in [0.4, 0.5) is 0 Å². The van der Waals surface area contributed by atoms with Crippen LogP contribution in [0.5, 0.6) is 5.75 Å². The van der Waals surface area contributed by atoms with Crippen LogP contribution in [-0.4, -0.2) is 29.6 Å². The summed E-state index contributed by atoms with van der Waals surface area (Å²) in [5.74, 6) is 0.912. The SMILES string of the molecule is COc1ccc(Br)cc1CN1CCCCC1C(N)=S. The van der Waals surface area contributed by atoms with Gasteiger partial charge in [-0.05, 0) is 37.6 Å². The molecule has 1 saturated heterocycles. The van der Waals surface area contributed by atoms with Gasteiger partial charge in [-0.2, -0.15) is 0 Å². The number of thiocarbonyl (C=S) groups is 1. The summed E-state index contributed by atoms with van der Waals surface area (Å²) >= 11 is 8.70. The Labute approximate surface area is 128 Å². The molecule has 0 aromatic heterocycles. The molecule has 1 aromatic carbocycles. The molecule has 0 amide bonds. The predicted molar refractivity (Wildman–Crippen MR) is 85.5 cm³/mol. The van der Waals surface area contributed by atoms with E-state index in [1.165, 1.54) is 18.4 Å². The summed E-state index contributed by atoms with van der Waals surface area (Å²) in [5, 5.41) is 0. The van der Waals surface area contributed by atoms with Gasteiger partial charge in [-0.15, -0.1) is 0 Å². The maximum atomic E-state index is 5.86. The molecule has 0 saturated carbocycles. The Morgan fingerprint density at radius 1 is 1.53 bits per heavy atom. The molecule has 19 heavy (non-hydrogen) atoms. The number of ether oxygens (including phenoxy) is 1. The number of hydrogen-bond acceptors (Lipinski definition) is 3. The molecule has 1 fully saturated rings. The van der Waals surface area contributed by atoms with Crippen LogP contribution < -0.4 is 10.5 Å². The Hall–Kier alpha value is -0.650. The predicted octanol–water partition coefficient (Wildman–Crippen LogP) is 3.10. The van der Waals surface area contributed by atoms with E-state index in [-0.39, 0.29) is 6.04 Å². The highest BCUT2D eigenvalue weighted by Crippen LogP contribution is 2.27. The van der Waals surface area contributed by atoms with Crippen molar-refractivity contribution in [3.05, 3.63) is 28.2 Å². The van der Waals surface area contributed by atoms with Crippen molar-refractivity contribution >= 4 is 33.1 Å². The summed E-state index contributed by atoms with van der Waals surface area (Å²) in [6.07, 6.45) is 3.47. The van der Waals surface area contributed by atoms with Crippen LogP contribution in [0.3, 0.4) is 0 Å². The number of benzene rings is 1. The molecule has 1 unspecified atom stereocenters. The lowest BCUT2D eigenvalue weighted by atomic mass is 10.0. The number of methoxy groups -OCH3 is 1. The normalized spacial score (nSPS) is 20.2. The van der Waals surface area contributed by atoms with Gasteiger partial charge in [0.2, 0.25) is 0 Å². The first-order valence-electron chi connectivity index (χ1n) is 6.47. The molecule has 2 N–H and O–H groups in total. The Morgan fingerprint density at radius 2 is 2.32 bits per heavy atom. The standard InChI is InChI=1S/C14H19BrN2OS/c1-18-13-6-5-11(15)8-10(13)9-17-7-3-2-4-12(17)14(16)19/h5-6,8,12H,2-4,7,9H2,1H3,(H2,16,19). The number of nitrogens with zero attached hydrogens (tertiary/aromatic N) is 1. The highest BCUT2D eigenvalue weighted by molar-refractivity contribution is 9.10. The lowest BCUT2D eigenvalue weighted by molar-refractivity contribution is 0.182. The number of likely N-dealkylation sites (tertiary alicyclic amines) is 1. The molecule has 1 aliphatic heterocycles. The van der Waals surface area contributed by atoms with Gasteiger partial charge in [0.15, 0.2) is 0 Å². The molecule has 1 aromatic rings. The first kappa shape index (κ1) is 14.8. The Balaban J connectivity index is 2.18. The van der Waals surface area contributed by atoms with E-state index in [1.54, 1.807) is 7.11 Å². The van der Waals surface area contributed by atoms with Crippen molar-refractivity contribution in [1.29, 1.82) is 0 Å². The fourth-order valence-corrected chi connectivity index (χ4v) is 3.27. The molecule has 104 valence electrons. The van der Waals surface area contributed by atoms with E-state index in [0.717, 1.165) is 29.7 Å². The van der Waals surface area contributed by atoms with Gasteiger partial charge in [-0.25, -0.2) is 0 Å². The summed E-state index contributed by atoms with van der Waals surface area (Å²) in [5.41, 5.74) is 7.03. The fraction of sp³-hybridized carbons (Fsp3) is 0.500. The van der Waals surface area contributed by atoms with Gasteiger partial charge in [0.1, 0.15) is 5.75 Å². The molecule has 3 nitrogen and oxygen atoms in total. The van der Waals surface area contributed by atoms with Crippen LogP contribution in [0.2, 0.25) is 0 Å². The van der Waals surface area contributed by atoms with Crippen molar-refractivity contribution in [1.82, 2.24) is 4.90 Å². The van der Waals surface area contributed by atoms with E-state index in [2.05, 4.69) is 26.9 Å². The van der Waals surface area contributed by atoms with Gasteiger partial charge in [0.25, 0.3) is 0 Å². The van der Waals surface area contributed by atoms with E-state index in [4.69, 9.17) is 22.7 Å². The fourth-order valence-electron chi connectivity index (χ4n) is 2.59. The molecule has 1 aliphatic rings. The van der Waals surface area contributed by atoms with E-state index in [0.29, 0.717) is 4.99 Å². The van der Waals surface area contributed by atoms with Gasteiger partial charge in [-0.1, -0.05) is 34.6 Å². The van der Waals surface area contributed by atoms with Crippen LogP contribution in [-0.2, 0) is 6.54 Å². The smallest absolute Gasteiger partial charge is 0.123 e. The molecule has 2 rings (SSSR count). The van der Waals surface area contributed by atoms with Gasteiger partial charge < -0.3 is 10.5 Å². The maximum absolute atomic E-state index is 5.86. The van der Waals surface area contributed by atoms with Crippen molar-refractivity contribution in [2.75, 3.05) is 13.7 Å². The number of nitrogens with two attached hydrogens (primary N) is 1. The topological polar surface area (TPSA) is 38.5 Å². The van der Waals surface area contributed by atoms with Crippen LogP contribution in [0.25, 0.3) is 0 Å². The average Bonchev–Trinajstić information content (AvgIpc) is 2.39. The molecular weight excluding hydrogens is 324 g/mol. The summed E-state index contributed by atoms with van der Waals surface area (Å²) in [7, 11) is 1.70. The number of piperidine rings is 1. The van der Waals surface area contributed by atoms with Crippen molar-refractivity contribution < 1.29 is 4.74 Å². The lowest BCUT2D eigenvalue weighted by Crippen LogP contribution is -2.46. The number of hydrogen-bond donors (Lipinski definition) is 1. The van der Waals surface area contributed by atoms with Gasteiger partial charge >= 0.3 is 0 Å². The zero-order valence-electron chi connectivity index (χ0n) is 11.1. The van der Waals surface area contributed by atoms with Crippen molar-refractivity contribution in [3.63, 3.8) is 0 Å². The van der Waals surface area contributed by atoms with Crippen LogP contribution in [0.1, 0.15) is 24.8 Å². The quantitative estimate of drug-likeness (QED) is 0.853. The molecule has 5 heteroatoms. The van der Waals surface area contributed by atoms with Crippen molar-refractivity contribution in [3.8, 4) is 5.75 Å². The van der Waals surface area contributed by atoms with Crippen LogP contribution in [0, 0.1) is 0 Å². The molecule has 0 radical (unpaired) electrons. The Kier molecular flexibility index (Phi) is 5.19. The largest absolute Gasteiger partial charge is 0.496 e. The summed E-state index contributed by atoms with van der Waals surface area (Å²) in [6, 6.07) is 6.29. The van der Waals surface area contributed by atoms with E-state index in [1.807, 2.05) is 12.1 Å². The third kappa shape index (κ3) is 3.68. The molecule has 0 aliphatic carbocycles. The first-order chi connectivity index (χ1) is 9.11. The number of rotatable bonds is 4. The summed E-state index contributed by atoms with van der Waals surface area (Å²) in [4.78, 5) is 2.96. The van der Waals surface area contributed by atoms with E-state index in [9.17, 15) is 0 Å². The third-order valence-electron chi connectivity index (χ3n) is 3.56. The van der Waals surface area contributed by atoms with Crippen LogP contribution >= 0.6 is 28.1 Å². The second-order valence-electron chi connectivity index (χ2n) is 4.84. The second kappa shape index (κ2) is 6.68. The maximum Gasteiger partial charge on any atom is 0.123 e. The Bertz CT molecular complexity index is 467. The number of halogens is 1. The minimum absolute atomic E-state index is 0.215. The average molecular weight is 343 g/mol. The van der Waals surface area contributed by atoms with Crippen molar-refractivity contribution in [2.24, 2.45) is 5.73 Å². The van der Waals surface area contributed by atoms with Gasteiger partial charge in [0, 0.05) is 16.6 Å². The molecule has 1 atom stereocenters. The molecule has 0 bridgehead atoms. The van der Waals surface area contributed by atoms with Crippen LogP contribution in [0.15, 0.2) is 22.7 Å². The second-order valence-corrected chi connectivity index (χ2v) is 6.23. The first-order valence-corrected chi connectivity index (χ1v) is 7.67. The summed E-state index contributed by atoms with van der Waals surface area (Å²) < 4.78 is 6.49. The molecular formula is C14H19BrN2OS. The highest BCUT2D eigenvalue weighted by atomic mass is 79.9. The van der Waals surface area contributed by atoms with Crippen molar-refractivity contribution in [2.45, 2.75) is 31.8 Å². The van der Waals surface area contributed by atoms with Gasteiger partial charge in [-0.3, -0.25) is 4.90 Å². The monoisotopic (exact) mass is 342 g/mol. The molecule has 0 spiro atoms. The van der Waals surface area contributed by atoms with Gasteiger partial charge in [0.05, 0.1) is 18.1 Å². The lowest BCUT2D eigenvalue weighted by Gasteiger charge is -2.35. The minimum Gasteiger partial charge on any atom is -0.496 e. The Morgan fingerprint density at radius 3 is 3.00 bits per heavy atom. The third-order valence-corrected chi connectivity index (χ3v) is 4.32.